The molecule has 0 unspecified atom stereocenters. The molecule has 0 radical (unpaired) electrons. The number of carbonyl (C=O) groups excluding carboxylic acids is 1. The maximum absolute atomic E-state index is 12.1. The molecule has 0 heterocycles. The van der Waals surface area contributed by atoms with Crippen molar-refractivity contribution in [1.29, 1.82) is 0 Å². The van der Waals surface area contributed by atoms with E-state index in [-0.39, 0.29) is 5.97 Å². The Morgan fingerprint density at radius 2 is 1.86 bits per heavy atom. The number of hydrogen-bond donors (Lipinski definition) is 0. The van der Waals surface area contributed by atoms with Gasteiger partial charge in [0, 0.05) is 5.39 Å². The fourth-order valence-corrected chi connectivity index (χ4v) is 2.54. The molecule has 0 bridgehead atoms. The van der Waals surface area contributed by atoms with E-state index in [4.69, 9.17) is 9.47 Å². The topological polar surface area (TPSA) is 35.5 Å². The lowest BCUT2D eigenvalue weighted by molar-refractivity contribution is -0.153. The van der Waals surface area contributed by atoms with Crippen LogP contribution in [0.5, 0.6) is 5.75 Å². The first-order valence-electron chi connectivity index (χ1n) is 7.21. The summed E-state index contributed by atoms with van der Waals surface area (Å²) in [5.41, 5.74) is 0.445. The molecule has 2 aromatic carbocycles. The fraction of sp³-hybridized carbons (Fsp3) is 0.389. The summed E-state index contributed by atoms with van der Waals surface area (Å²) in [5, 5.41) is 2.20. The van der Waals surface area contributed by atoms with Crippen LogP contribution < -0.4 is 4.74 Å². The number of methoxy groups -OCH3 is 1. The van der Waals surface area contributed by atoms with E-state index in [0.717, 1.165) is 22.1 Å². The van der Waals surface area contributed by atoms with Gasteiger partial charge in [-0.05, 0) is 38.1 Å². The highest BCUT2D eigenvalue weighted by Gasteiger charge is 2.30. The third-order valence-electron chi connectivity index (χ3n) is 3.63. The first kappa shape index (κ1) is 15.4. The smallest absolute Gasteiger partial charge is 0.311 e. The van der Waals surface area contributed by atoms with Crippen LogP contribution in [0.2, 0.25) is 0 Å². The van der Waals surface area contributed by atoms with Crippen LogP contribution in [-0.2, 0) is 16.0 Å². The molecule has 2 rings (SSSR count). The van der Waals surface area contributed by atoms with E-state index in [1.165, 1.54) is 0 Å². The summed E-state index contributed by atoms with van der Waals surface area (Å²) in [6, 6.07) is 12.2. The monoisotopic (exact) mass is 286 g/mol. The van der Waals surface area contributed by atoms with Crippen LogP contribution >= 0.6 is 0 Å². The zero-order chi connectivity index (χ0) is 15.5. The standard InChI is InChI=1S/C18H22O3/c1-5-21-17(19)18(2,3)12-14-11-10-13-8-6-7-9-15(13)16(14)20-4/h6-11H,5,12H2,1-4H3. The van der Waals surface area contributed by atoms with Crippen molar-refractivity contribution in [3.8, 4) is 5.75 Å². The van der Waals surface area contributed by atoms with Crippen LogP contribution in [0.15, 0.2) is 36.4 Å². The van der Waals surface area contributed by atoms with Gasteiger partial charge >= 0.3 is 5.97 Å². The van der Waals surface area contributed by atoms with Crippen molar-refractivity contribution in [3.05, 3.63) is 42.0 Å². The molecule has 0 aliphatic heterocycles. The zero-order valence-electron chi connectivity index (χ0n) is 13.1. The third-order valence-corrected chi connectivity index (χ3v) is 3.63. The molecule has 0 N–H and O–H groups in total. The van der Waals surface area contributed by atoms with E-state index < -0.39 is 5.41 Å². The summed E-state index contributed by atoms with van der Waals surface area (Å²) in [5.74, 6) is 0.658. The maximum atomic E-state index is 12.1. The highest BCUT2D eigenvalue weighted by molar-refractivity contribution is 5.90. The normalized spacial score (nSPS) is 11.4. The molecule has 21 heavy (non-hydrogen) atoms. The first-order valence-corrected chi connectivity index (χ1v) is 7.21. The number of esters is 1. The molecule has 0 saturated carbocycles. The van der Waals surface area contributed by atoms with E-state index in [2.05, 4.69) is 12.1 Å². The Morgan fingerprint density at radius 1 is 1.14 bits per heavy atom. The average molecular weight is 286 g/mol. The lowest BCUT2D eigenvalue weighted by atomic mass is 9.85. The van der Waals surface area contributed by atoms with Crippen LogP contribution in [0.1, 0.15) is 26.3 Å². The predicted octanol–water partition coefficient (Wildman–Crippen LogP) is 3.98. The Labute approximate surface area is 125 Å². The molecule has 0 saturated heterocycles. The molecular weight excluding hydrogens is 264 g/mol. The van der Waals surface area contributed by atoms with Crippen molar-refractivity contribution in [2.45, 2.75) is 27.2 Å². The van der Waals surface area contributed by atoms with Crippen LogP contribution in [-0.4, -0.2) is 19.7 Å². The number of carbonyl (C=O) groups is 1. The Kier molecular flexibility index (Phi) is 4.51. The molecule has 0 aromatic heterocycles. The second-order valence-electron chi connectivity index (χ2n) is 5.76. The van der Waals surface area contributed by atoms with Gasteiger partial charge in [-0.25, -0.2) is 0 Å². The van der Waals surface area contributed by atoms with Gasteiger partial charge in [0.25, 0.3) is 0 Å². The Bertz CT molecular complexity index is 644. The van der Waals surface area contributed by atoms with Gasteiger partial charge < -0.3 is 9.47 Å². The molecule has 0 amide bonds. The Morgan fingerprint density at radius 3 is 2.52 bits per heavy atom. The fourth-order valence-electron chi connectivity index (χ4n) is 2.54. The van der Waals surface area contributed by atoms with Crippen LogP contribution in [0.4, 0.5) is 0 Å². The Hall–Kier alpha value is -2.03. The summed E-state index contributed by atoms with van der Waals surface area (Å²) in [6.07, 6.45) is 0.583. The second-order valence-corrected chi connectivity index (χ2v) is 5.76. The van der Waals surface area contributed by atoms with E-state index in [1.54, 1.807) is 7.11 Å². The summed E-state index contributed by atoms with van der Waals surface area (Å²) < 4.78 is 10.8. The van der Waals surface area contributed by atoms with E-state index >= 15 is 0 Å². The molecular formula is C18H22O3. The first-order chi connectivity index (χ1) is 9.99. The molecule has 0 aliphatic carbocycles. The van der Waals surface area contributed by atoms with E-state index in [9.17, 15) is 4.79 Å². The van der Waals surface area contributed by atoms with Gasteiger partial charge in [0.15, 0.2) is 0 Å². The summed E-state index contributed by atoms with van der Waals surface area (Å²) in [7, 11) is 1.67. The molecule has 112 valence electrons. The van der Waals surface area contributed by atoms with Gasteiger partial charge in [0.05, 0.1) is 19.1 Å². The molecule has 0 spiro atoms. The predicted molar refractivity (Wildman–Crippen MR) is 84.6 cm³/mol. The number of ether oxygens (including phenoxy) is 2. The quantitative estimate of drug-likeness (QED) is 0.780. The number of rotatable bonds is 5. The van der Waals surface area contributed by atoms with E-state index in [1.807, 2.05) is 45.0 Å². The van der Waals surface area contributed by atoms with Crippen molar-refractivity contribution in [3.63, 3.8) is 0 Å². The Balaban J connectivity index is 2.40. The van der Waals surface area contributed by atoms with Crippen molar-refractivity contribution >= 4 is 16.7 Å². The minimum Gasteiger partial charge on any atom is -0.496 e. The number of hydrogen-bond acceptors (Lipinski definition) is 3. The molecule has 0 aliphatic rings. The maximum Gasteiger partial charge on any atom is 0.311 e. The molecule has 3 heteroatoms. The molecule has 3 nitrogen and oxygen atoms in total. The van der Waals surface area contributed by atoms with E-state index in [0.29, 0.717) is 13.0 Å². The van der Waals surface area contributed by atoms with Gasteiger partial charge in [-0.15, -0.1) is 0 Å². The second kappa shape index (κ2) is 6.17. The van der Waals surface area contributed by atoms with Crippen LogP contribution in [0.25, 0.3) is 10.8 Å². The van der Waals surface area contributed by atoms with Gasteiger partial charge in [0.2, 0.25) is 0 Å². The minimum atomic E-state index is -0.578. The van der Waals surface area contributed by atoms with Crippen LogP contribution in [0.3, 0.4) is 0 Å². The molecule has 2 aromatic rings. The number of fused-ring (bicyclic) bond motifs is 1. The largest absolute Gasteiger partial charge is 0.496 e. The average Bonchev–Trinajstić information content (AvgIpc) is 2.47. The van der Waals surface area contributed by atoms with Gasteiger partial charge in [-0.2, -0.15) is 0 Å². The summed E-state index contributed by atoms with van der Waals surface area (Å²) in [4.78, 5) is 12.1. The van der Waals surface area contributed by atoms with Gasteiger partial charge in [0.1, 0.15) is 5.75 Å². The minimum absolute atomic E-state index is 0.180. The third kappa shape index (κ3) is 3.18. The molecule has 0 atom stereocenters. The highest BCUT2D eigenvalue weighted by atomic mass is 16.5. The van der Waals surface area contributed by atoms with Gasteiger partial charge in [-0.3, -0.25) is 4.79 Å². The lowest BCUT2D eigenvalue weighted by Crippen LogP contribution is -2.29. The molecule has 0 fully saturated rings. The summed E-state index contributed by atoms with van der Waals surface area (Å²) >= 11 is 0. The van der Waals surface area contributed by atoms with Crippen molar-refractivity contribution in [1.82, 2.24) is 0 Å². The SMILES string of the molecule is CCOC(=O)C(C)(C)Cc1ccc2ccccc2c1OC. The lowest BCUT2D eigenvalue weighted by Gasteiger charge is -2.23. The van der Waals surface area contributed by atoms with Crippen molar-refractivity contribution < 1.29 is 14.3 Å². The summed E-state index contributed by atoms with van der Waals surface area (Å²) in [6.45, 7) is 6.03. The van der Waals surface area contributed by atoms with Crippen LogP contribution in [0, 0.1) is 5.41 Å². The zero-order valence-corrected chi connectivity index (χ0v) is 13.1. The van der Waals surface area contributed by atoms with Gasteiger partial charge in [-0.1, -0.05) is 36.4 Å². The van der Waals surface area contributed by atoms with Crippen molar-refractivity contribution in [2.75, 3.05) is 13.7 Å². The number of benzene rings is 2. The van der Waals surface area contributed by atoms with Crippen molar-refractivity contribution in [2.24, 2.45) is 5.41 Å². The highest BCUT2D eigenvalue weighted by Crippen LogP contribution is 2.34.